The fourth-order valence-electron chi connectivity index (χ4n) is 3.02. The summed E-state index contributed by atoms with van der Waals surface area (Å²) < 4.78 is 6.12. The molecule has 1 aromatic heterocycles. The van der Waals surface area contributed by atoms with E-state index >= 15 is 0 Å². The van der Waals surface area contributed by atoms with Crippen molar-refractivity contribution in [1.82, 2.24) is 15.6 Å². The molecule has 3 rings (SSSR count). The number of rotatable bonds is 7. The summed E-state index contributed by atoms with van der Waals surface area (Å²) in [5, 5.41) is 6.83. The van der Waals surface area contributed by atoms with Crippen LogP contribution < -0.4 is 15.4 Å². The van der Waals surface area contributed by atoms with Gasteiger partial charge in [-0.15, -0.1) is 0 Å². The topological polar surface area (TPSA) is 58.5 Å². The van der Waals surface area contributed by atoms with E-state index in [4.69, 9.17) is 4.74 Å². The summed E-state index contributed by atoms with van der Waals surface area (Å²) in [7, 11) is 1.81. The second kappa shape index (κ2) is 9.65. The number of thioether (sulfide) groups is 1. The molecule has 2 N–H and O–H groups in total. The van der Waals surface area contributed by atoms with Gasteiger partial charge in [-0.2, -0.15) is 11.8 Å². The summed E-state index contributed by atoms with van der Waals surface area (Å²) in [6, 6.07) is 14.1. The van der Waals surface area contributed by atoms with E-state index in [1.54, 1.807) is 13.2 Å². The molecule has 0 bridgehead atoms. The molecule has 0 amide bonds. The smallest absolute Gasteiger partial charge is 0.213 e. The van der Waals surface area contributed by atoms with Gasteiger partial charge < -0.3 is 15.4 Å². The van der Waals surface area contributed by atoms with Crippen LogP contribution in [-0.2, 0) is 13.2 Å². The maximum Gasteiger partial charge on any atom is 0.213 e. The second-order valence-electron chi connectivity index (χ2n) is 6.96. The van der Waals surface area contributed by atoms with Crippen molar-refractivity contribution in [2.75, 3.05) is 19.3 Å². The lowest BCUT2D eigenvalue weighted by Crippen LogP contribution is -2.43. The molecule has 1 fully saturated rings. The highest BCUT2D eigenvalue weighted by Crippen LogP contribution is 2.36. The van der Waals surface area contributed by atoms with Crippen LogP contribution in [0.1, 0.15) is 30.9 Å². The zero-order valence-electron chi connectivity index (χ0n) is 16.1. The standard InChI is InChI=1S/C21H28N4OS/c1-21(10-6-12-27-21)16-25-20(22-2)24-14-18-9-11-23-19(13-18)26-15-17-7-4-3-5-8-17/h3-5,7-9,11,13H,6,10,12,14-16H2,1-2H3,(H2,22,24,25). The zero-order chi connectivity index (χ0) is 19.0. The van der Waals surface area contributed by atoms with Gasteiger partial charge in [0, 0.05) is 37.1 Å². The first kappa shape index (κ1) is 19.5. The number of hydrogen-bond acceptors (Lipinski definition) is 4. The number of benzene rings is 1. The Bertz CT molecular complexity index is 745. The van der Waals surface area contributed by atoms with Gasteiger partial charge in [-0.1, -0.05) is 30.3 Å². The molecule has 1 unspecified atom stereocenters. The molecule has 27 heavy (non-hydrogen) atoms. The van der Waals surface area contributed by atoms with Crippen molar-refractivity contribution < 1.29 is 4.74 Å². The Morgan fingerprint density at radius 3 is 2.81 bits per heavy atom. The fraction of sp³-hybridized carbons (Fsp3) is 0.429. The molecule has 6 heteroatoms. The predicted molar refractivity (Wildman–Crippen MR) is 113 cm³/mol. The largest absolute Gasteiger partial charge is 0.473 e. The number of pyridine rings is 1. The van der Waals surface area contributed by atoms with Gasteiger partial charge in [0.05, 0.1) is 0 Å². The van der Waals surface area contributed by atoms with Crippen molar-refractivity contribution in [3.05, 3.63) is 59.8 Å². The summed E-state index contributed by atoms with van der Waals surface area (Å²) in [5.41, 5.74) is 2.24. The Morgan fingerprint density at radius 2 is 2.07 bits per heavy atom. The van der Waals surface area contributed by atoms with E-state index in [2.05, 4.69) is 27.5 Å². The summed E-state index contributed by atoms with van der Waals surface area (Å²) in [6.07, 6.45) is 4.34. The van der Waals surface area contributed by atoms with Crippen LogP contribution in [0.3, 0.4) is 0 Å². The Balaban J connectivity index is 1.48. The van der Waals surface area contributed by atoms with Crippen molar-refractivity contribution in [3.8, 4) is 5.88 Å². The van der Waals surface area contributed by atoms with Crippen molar-refractivity contribution in [2.24, 2.45) is 4.99 Å². The van der Waals surface area contributed by atoms with Gasteiger partial charge >= 0.3 is 0 Å². The highest BCUT2D eigenvalue weighted by molar-refractivity contribution is 8.00. The van der Waals surface area contributed by atoms with Crippen LogP contribution in [0, 0.1) is 0 Å². The van der Waals surface area contributed by atoms with Crippen molar-refractivity contribution in [2.45, 2.75) is 37.7 Å². The molecular formula is C21H28N4OS. The molecule has 2 heterocycles. The number of hydrogen-bond donors (Lipinski definition) is 2. The molecular weight excluding hydrogens is 356 g/mol. The van der Waals surface area contributed by atoms with Crippen LogP contribution in [0.25, 0.3) is 0 Å². The van der Waals surface area contributed by atoms with Crippen molar-refractivity contribution in [3.63, 3.8) is 0 Å². The summed E-state index contributed by atoms with van der Waals surface area (Å²) >= 11 is 2.05. The molecule has 0 aliphatic carbocycles. The van der Waals surface area contributed by atoms with E-state index < -0.39 is 0 Å². The van der Waals surface area contributed by atoms with Gasteiger partial charge in [-0.05, 0) is 42.7 Å². The monoisotopic (exact) mass is 384 g/mol. The van der Waals surface area contributed by atoms with Crippen LogP contribution in [0.5, 0.6) is 5.88 Å². The van der Waals surface area contributed by atoms with Gasteiger partial charge in [-0.25, -0.2) is 4.98 Å². The number of guanidine groups is 1. The summed E-state index contributed by atoms with van der Waals surface area (Å²) in [5.74, 6) is 2.72. The van der Waals surface area contributed by atoms with Gasteiger partial charge in [-0.3, -0.25) is 4.99 Å². The number of aromatic nitrogens is 1. The first-order chi connectivity index (χ1) is 13.2. The average Bonchev–Trinajstić information content (AvgIpc) is 3.14. The van der Waals surface area contributed by atoms with Crippen molar-refractivity contribution >= 4 is 17.7 Å². The van der Waals surface area contributed by atoms with E-state index in [9.17, 15) is 0 Å². The Morgan fingerprint density at radius 1 is 1.22 bits per heavy atom. The average molecular weight is 385 g/mol. The normalized spacial score (nSPS) is 19.7. The maximum atomic E-state index is 5.81. The second-order valence-corrected chi connectivity index (χ2v) is 8.64. The van der Waals surface area contributed by atoms with Crippen molar-refractivity contribution in [1.29, 1.82) is 0 Å². The molecule has 1 atom stereocenters. The predicted octanol–water partition coefficient (Wildman–Crippen LogP) is 3.61. The molecule has 5 nitrogen and oxygen atoms in total. The number of aliphatic imine (C=N–C) groups is 1. The van der Waals surface area contributed by atoms with E-state index in [-0.39, 0.29) is 0 Å². The molecule has 1 aromatic carbocycles. The quantitative estimate of drug-likeness (QED) is 0.564. The van der Waals surface area contributed by atoms with Gasteiger partial charge in [0.2, 0.25) is 5.88 Å². The molecule has 0 saturated carbocycles. The van der Waals surface area contributed by atoms with Gasteiger partial charge in [0.25, 0.3) is 0 Å². The lowest BCUT2D eigenvalue weighted by Gasteiger charge is -2.24. The maximum absolute atomic E-state index is 5.81. The molecule has 2 aromatic rings. The molecule has 1 aliphatic heterocycles. The molecule has 144 valence electrons. The molecule has 0 spiro atoms. The van der Waals surface area contributed by atoms with E-state index in [1.165, 1.54) is 18.6 Å². The van der Waals surface area contributed by atoms with Gasteiger partial charge in [0.1, 0.15) is 6.61 Å². The van der Waals surface area contributed by atoms with Crippen LogP contribution in [0.2, 0.25) is 0 Å². The lowest BCUT2D eigenvalue weighted by molar-refractivity contribution is 0.293. The minimum atomic E-state index is 0.312. The third-order valence-electron chi connectivity index (χ3n) is 4.64. The van der Waals surface area contributed by atoms with E-state index in [0.29, 0.717) is 23.8 Å². The Labute approximate surface area is 166 Å². The first-order valence-corrected chi connectivity index (χ1v) is 10.4. The number of nitrogens with one attached hydrogen (secondary N) is 2. The molecule has 1 aliphatic rings. The summed E-state index contributed by atoms with van der Waals surface area (Å²) in [4.78, 5) is 8.63. The molecule has 1 saturated heterocycles. The Hall–Kier alpha value is -2.21. The first-order valence-electron chi connectivity index (χ1n) is 9.37. The SMILES string of the molecule is CN=C(NCc1ccnc(OCc2ccccc2)c1)NCC1(C)CCCS1. The van der Waals surface area contributed by atoms with E-state index in [1.807, 2.05) is 54.2 Å². The Kier molecular flexibility index (Phi) is 6.98. The molecule has 0 radical (unpaired) electrons. The van der Waals surface area contributed by atoms with Crippen LogP contribution in [0.4, 0.5) is 0 Å². The number of ether oxygens (including phenoxy) is 1. The third-order valence-corrected chi connectivity index (χ3v) is 6.18. The summed E-state index contributed by atoms with van der Waals surface area (Å²) in [6.45, 7) is 4.45. The van der Waals surface area contributed by atoms with Gasteiger partial charge in [0.15, 0.2) is 5.96 Å². The fourth-order valence-corrected chi connectivity index (χ4v) is 4.27. The van der Waals surface area contributed by atoms with Crippen LogP contribution in [0.15, 0.2) is 53.7 Å². The van der Waals surface area contributed by atoms with Crippen LogP contribution >= 0.6 is 11.8 Å². The highest BCUT2D eigenvalue weighted by Gasteiger charge is 2.29. The number of nitrogens with zero attached hydrogens (tertiary/aromatic N) is 2. The lowest BCUT2D eigenvalue weighted by atomic mass is 10.1. The van der Waals surface area contributed by atoms with Crippen LogP contribution in [-0.4, -0.2) is 35.0 Å². The van der Waals surface area contributed by atoms with E-state index in [0.717, 1.165) is 23.6 Å². The minimum absolute atomic E-state index is 0.312. The highest BCUT2D eigenvalue weighted by atomic mass is 32.2. The zero-order valence-corrected chi connectivity index (χ0v) is 16.9. The third kappa shape index (κ3) is 6.17. The minimum Gasteiger partial charge on any atom is -0.473 e.